The first kappa shape index (κ1) is 14.5. The van der Waals surface area contributed by atoms with Gasteiger partial charge in [-0.25, -0.2) is 4.39 Å². The Labute approximate surface area is 122 Å². The number of hydrogen-bond acceptors (Lipinski definition) is 1. The van der Waals surface area contributed by atoms with Crippen LogP contribution in [0.5, 0.6) is 0 Å². The van der Waals surface area contributed by atoms with Crippen molar-refractivity contribution in [1.29, 1.82) is 0 Å². The van der Waals surface area contributed by atoms with E-state index < -0.39 is 0 Å². The third kappa shape index (κ3) is 4.03. The van der Waals surface area contributed by atoms with E-state index in [0.29, 0.717) is 6.42 Å². The summed E-state index contributed by atoms with van der Waals surface area (Å²) in [6, 6.07) is 6.59. The summed E-state index contributed by atoms with van der Waals surface area (Å²) in [5, 5.41) is 0.821. The molecule has 2 nitrogen and oxygen atoms in total. The molecule has 1 unspecified atom stereocenters. The number of carbonyl (C=O) groups excluding carboxylic acids is 1. The molecule has 0 saturated carbocycles. The van der Waals surface area contributed by atoms with Gasteiger partial charge in [-0.3, -0.25) is 4.79 Å². The van der Waals surface area contributed by atoms with Gasteiger partial charge in [0.15, 0.2) is 0 Å². The average molecular weight is 328 g/mol. The van der Waals surface area contributed by atoms with Crippen molar-refractivity contribution in [2.75, 3.05) is 11.9 Å². The summed E-state index contributed by atoms with van der Waals surface area (Å²) < 4.78 is 13.1. The maximum absolute atomic E-state index is 13.1. The highest BCUT2D eigenvalue weighted by molar-refractivity contribution is 9.09. The van der Waals surface area contributed by atoms with E-state index >= 15 is 0 Å². The molecule has 104 valence electrons. The van der Waals surface area contributed by atoms with Crippen LogP contribution in [0.2, 0.25) is 0 Å². The molecule has 1 saturated heterocycles. The van der Waals surface area contributed by atoms with E-state index in [1.807, 2.05) is 11.0 Å². The molecule has 1 heterocycles. The summed E-state index contributed by atoms with van der Waals surface area (Å²) in [6.07, 6.45) is 4.78. The van der Waals surface area contributed by atoms with Crippen molar-refractivity contribution in [3.8, 4) is 0 Å². The van der Waals surface area contributed by atoms with Crippen molar-refractivity contribution in [2.45, 2.75) is 38.1 Å². The highest BCUT2D eigenvalue weighted by Crippen LogP contribution is 2.19. The Morgan fingerprint density at radius 2 is 2.21 bits per heavy atom. The molecule has 0 bridgehead atoms. The minimum atomic E-state index is -0.279. The van der Waals surface area contributed by atoms with Crippen LogP contribution in [0.4, 0.5) is 4.39 Å². The van der Waals surface area contributed by atoms with Crippen molar-refractivity contribution >= 4 is 21.8 Å². The summed E-state index contributed by atoms with van der Waals surface area (Å²) in [6.45, 7) is 0.824. The molecule has 0 aliphatic carbocycles. The van der Waals surface area contributed by atoms with Crippen molar-refractivity contribution < 1.29 is 9.18 Å². The Kier molecular flexibility index (Phi) is 5.37. The molecule has 1 fully saturated rings. The molecular weight excluding hydrogens is 309 g/mol. The summed E-state index contributed by atoms with van der Waals surface area (Å²) >= 11 is 3.50. The van der Waals surface area contributed by atoms with Gasteiger partial charge >= 0.3 is 0 Å². The van der Waals surface area contributed by atoms with Crippen LogP contribution < -0.4 is 0 Å². The van der Waals surface area contributed by atoms with Gasteiger partial charge in [-0.05, 0) is 30.5 Å². The first-order valence-corrected chi connectivity index (χ1v) is 7.92. The van der Waals surface area contributed by atoms with E-state index in [1.165, 1.54) is 25.0 Å². The van der Waals surface area contributed by atoms with Gasteiger partial charge in [-0.15, -0.1) is 0 Å². The monoisotopic (exact) mass is 327 g/mol. The van der Waals surface area contributed by atoms with Gasteiger partial charge in [0.1, 0.15) is 5.82 Å². The lowest BCUT2D eigenvalue weighted by molar-refractivity contribution is -0.132. The fraction of sp³-hybridized carbons (Fsp3) is 0.533. The molecule has 1 atom stereocenters. The van der Waals surface area contributed by atoms with E-state index in [-0.39, 0.29) is 17.8 Å². The SMILES string of the molecule is O=C(Cc1cccc(F)c1)N1CCCCCC1CBr. The van der Waals surface area contributed by atoms with Crippen LogP contribution in [0, 0.1) is 5.82 Å². The first-order chi connectivity index (χ1) is 9.20. The number of benzene rings is 1. The molecule has 1 aliphatic rings. The average Bonchev–Trinajstić information content (AvgIpc) is 2.63. The van der Waals surface area contributed by atoms with Crippen LogP contribution in [0.3, 0.4) is 0 Å². The minimum Gasteiger partial charge on any atom is -0.339 e. The summed E-state index contributed by atoms with van der Waals surface area (Å²) in [7, 11) is 0. The van der Waals surface area contributed by atoms with Crippen molar-refractivity contribution in [3.05, 3.63) is 35.6 Å². The van der Waals surface area contributed by atoms with E-state index in [9.17, 15) is 9.18 Å². The summed E-state index contributed by atoms with van der Waals surface area (Å²) in [5.74, 6) is -0.171. The second kappa shape index (κ2) is 7.04. The quantitative estimate of drug-likeness (QED) is 0.777. The van der Waals surface area contributed by atoms with Crippen molar-refractivity contribution in [2.24, 2.45) is 0 Å². The Bertz CT molecular complexity index is 438. The van der Waals surface area contributed by atoms with E-state index in [2.05, 4.69) is 15.9 Å². The Balaban J connectivity index is 2.04. The zero-order valence-electron chi connectivity index (χ0n) is 10.9. The predicted molar refractivity (Wildman–Crippen MR) is 77.9 cm³/mol. The Morgan fingerprint density at radius 1 is 1.37 bits per heavy atom. The molecule has 2 rings (SSSR count). The lowest BCUT2D eigenvalue weighted by atomic mass is 10.1. The largest absolute Gasteiger partial charge is 0.339 e. The zero-order chi connectivity index (χ0) is 13.7. The number of alkyl halides is 1. The Morgan fingerprint density at radius 3 is 2.95 bits per heavy atom. The molecular formula is C15H19BrFNO. The van der Waals surface area contributed by atoms with Gasteiger partial charge in [0.2, 0.25) is 5.91 Å². The number of rotatable bonds is 3. The summed E-state index contributed by atoms with van der Waals surface area (Å²) in [5.41, 5.74) is 0.752. The van der Waals surface area contributed by atoms with Crippen molar-refractivity contribution in [1.82, 2.24) is 4.90 Å². The normalized spacial score (nSPS) is 20.1. The number of carbonyl (C=O) groups is 1. The van der Waals surface area contributed by atoms with Crippen LogP contribution in [-0.4, -0.2) is 28.7 Å². The minimum absolute atomic E-state index is 0.108. The maximum atomic E-state index is 13.1. The lowest BCUT2D eigenvalue weighted by Crippen LogP contribution is -2.41. The van der Waals surface area contributed by atoms with E-state index in [1.54, 1.807) is 6.07 Å². The molecule has 19 heavy (non-hydrogen) atoms. The topological polar surface area (TPSA) is 20.3 Å². The van der Waals surface area contributed by atoms with Gasteiger partial charge in [0.05, 0.1) is 6.42 Å². The fourth-order valence-electron chi connectivity index (χ4n) is 2.59. The van der Waals surface area contributed by atoms with E-state index in [0.717, 1.165) is 30.3 Å². The fourth-order valence-corrected chi connectivity index (χ4v) is 3.26. The maximum Gasteiger partial charge on any atom is 0.227 e. The van der Waals surface area contributed by atoms with Crippen LogP contribution in [0.25, 0.3) is 0 Å². The van der Waals surface area contributed by atoms with E-state index in [4.69, 9.17) is 0 Å². The highest BCUT2D eigenvalue weighted by Gasteiger charge is 2.24. The van der Waals surface area contributed by atoms with Gasteiger partial charge in [-0.2, -0.15) is 0 Å². The number of halogens is 2. The van der Waals surface area contributed by atoms with Gasteiger partial charge < -0.3 is 4.90 Å². The second-order valence-corrected chi connectivity index (χ2v) is 5.70. The van der Waals surface area contributed by atoms with Gasteiger partial charge in [0, 0.05) is 17.9 Å². The second-order valence-electron chi connectivity index (χ2n) is 5.05. The third-order valence-electron chi connectivity index (χ3n) is 3.62. The van der Waals surface area contributed by atoms with Crippen molar-refractivity contribution in [3.63, 3.8) is 0 Å². The third-order valence-corrected chi connectivity index (χ3v) is 4.37. The standard InChI is InChI=1S/C15H19BrFNO/c16-11-14-7-2-1-3-8-18(14)15(19)10-12-5-4-6-13(17)9-12/h4-6,9,14H,1-3,7-8,10-11H2. The number of amides is 1. The molecule has 0 spiro atoms. The van der Waals surface area contributed by atoms with Gasteiger partial charge in [-0.1, -0.05) is 40.9 Å². The number of nitrogens with zero attached hydrogens (tertiary/aromatic N) is 1. The molecule has 1 aromatic carbocycles. The van der Waals surface area contributed by atoms with Crippen LogP contribution >= 0.6 is 15.9 Å². The van der Waals surface area contributed by atoms with Crippen LogP contribution in [0.1, 0.15) is 31.2 Å². The smallest absolute Gasteiger partial charge is 0.227 e. The predicted octanol–water partition coefficient (Wildman–Crippen LogP) is 3.53. The molecule has 1 aliphatic heterocycles. The molecule has 1 aromatic rings. The van der Waals surface area contributed by atoms with Crippen LogP contribution in [0.15, 0.2) is 24.3 Å². The molecule has 0 aromatic heterocycles. The van der Waals surface area contributed by atoms with Gasteiger partial charge in [0.25, 0.3) is 0 Å². The first-order valence-electron chi connectivity index (χ1n) is 6.80. The Hall–Kier alpha value is -0.900. The summed E-state index contributed by atoms with van der Waals surface area (Å²) in [4.78, 5) is 14.3. The highest BCUT2D eigenvalue weighted by atomic mass is 79.9. The molecule has 4 heteroatoms. The number of hydrogen-bond donors (Lipinski definition) is 0. The molecule has 1 amide bonds. The molecule has 0 radical (unpaired) electrons. The van der Waals surface area contributed by atoms with Crippen LogP contribution in [-0.2, 0) is 11.2 Å². The zero-order valence-corrected chi connectivity index (χ0v) is 12.5. The lowest BCUT2D eigenvalue weighted by Gasteiger charge is -2.28. The molecule has 0 N–H and O–H groups in total. The number of likely N-dealkylation sites (tertiary alicyclic amines) is 1.